The van der Waals surface area contributed by atoms with E-state index < -0.39 is 5.97 Å². The van der Waals surface area contributed by atoms with Crippen molar-refractivity contribution < 1.29 is 9.90 Å². The zero-order chi connectivity index (χ0) is 14.7. The van der Waals surface area contributed by atoms with Crippen molar-refractivity contribution >= 4 is 33.7 Å². The van der Waals surface area contributed by atoms with Crippen molar-refractivity contribution in [2.45, 2.75) is 30.5 Å². The van der Waals surface area contributed by atoms with E-state index in [1.54, 1.807) is 12.1 Å². The standard InChI is InChI=1S/C14H15BrN2O2S/c1-9(2)17-6-5-11(16-17)8-20-13-7-10(15)3-4-12(13)14(18)19/h3-7,9H,8H2,1-2H3,(H,18,19). The molecule has 0 saturated carbocycles. The van der Waals surface area contributed by atoms with Gasteiger partial charge in [0, 0.05) is 27.4 Å². The fraction of sp³-hybridized carbons (Fsp3) is 0.286. The molecule has 0 fully saturated rings. The van der Waals surface area contributed by atoms with Crippen LogP contribution in [0.4, 0.5) is 0 Å². The first-order valence-electron chi connectivity index (χ1n) is 6.17. The summed E-state index contributed by atoms with van der Waals surface area (Å²) in [6.07, 6.45) is 1.94. The lowest BCUT2D eigenvalue weighted by molar-refractivity contribution is 0.0693. The fourth-order valence-electron chi connectivity index (χ4n) is 1.69. The molecule has 4 nitrogen and oxygen atoms in total. The number of nitrogens with zero attached hydrogens (tertiary/aromatic N) is 2. The van der Waals surface area contributed by atoms with Gasteiger partial charge in [-0.1, -0.05) is 15.9 Å². The number of rotatable bonds is 5. The van der Waals surface area contributed by atoms with E-state index in [2.05, 4.69) is 34.9 Å². The summed E-state index contributed by atoms with van der Waals surface area (Å²) >= 11 is 4.85. The Morgan fingerprint density at radius 3 is 2.80 bits per heavy atom. The molecule has 6 heteroatoms. The minimum atomic E-state index is -0.910. The highest BCUT2D eigenvalue weighted by Gasteiger charge is 2.12. The molecule has 0 aliphatic rings. The second kappa shape index (κ2) is 6.45. The molecule has 1 heterocycles. The molecule has 0 spiro atoms. The summed E-state index contributed by atoms with van der Waals surface area (Å²) in [6.45, 7) is 4.14. The van der Waals surface area contributed by atoms with E-state index >= 15 is 0 Å². The number of halogens is 1. The molecule has 2 aromatic rings. The van der Waals surface area contributed by atoms with Gasteiger partial charge in [0.15, 0.2) is 0 Å². The monoisotopic (exact) mass is 354 g/mol. The second-order valence-electron chi connectivity index (χ2n) is 4.62. The third-order valence-corrected chi connectivity index (χ3v) is 4.32. The third-order valence-electron chi connectivity index (χ3n) is 2.74. The average Bonchev–Trinajstić information content (AvgIpc) is 2.85. The predicted molar refractivity (Wildman–Crippen MR) is 83.3 cm³/mol. The van der Waals surface area contributed by atoms with E-state index in [0.717, 1.165) is 15.1 Å². The van der Waals surface area contributed by atoms with Gasteiger partial charge in [-0.15, -0.1) is 11.8 Å². The van der Waals surface area contributed by atoms with Crippen molar-refractivity contribution in [1.29, 1.82) is 0 Å². The van der Waals surface area contributed by atoms with Gasteiger partial charge in [-0.3, -0.25) is 4.68 Å². The Bertz CT molecular complexity index is 625. The van der Waals surface area contributed by atoms with Gasteiger partial charge in [0.1, 0.15) is 0 Å². The molecule has 0 bridgehead atoms. The summed E-state index contributed by atoms with van der Waals surface area (Å²) in [6, 6.07) is 7.47. The molecule has 0 atom stereocenters. The van der Waals surface area contributed by atoms with Gasteiger partial charge >= 0.3 is 5.97 Å². The van der Waals surface area contributed by atoms with Crippen LogP contribution in [0, 0.1) is 0 Å². The lowest BCUT2D eigenvalue weighted by Crippen LogP contribution is -2.01. The molecule has 1 aromatic heterocycles. The molecular formula is C14H15BrN2O2S. The van der Waals surface area contributed by atoms with Gasteiger partial charge in [0.05, 0.1) is 11.3 Å². The smallest absolute Gasteiger partial charge is 0.336 e. The molecule has 0 aliphatic heterocycles. The van der Waals surface area contributed by atoms with Crippen molar-refractivity contribution in [3.63, 3.8) is 0 Å². The summed E-state index contributed by atoms with van der Waals surface area (Å²) in [7, 11) is 0. The highest BCUT2D eigenvalue weighted by Crippen LogP contribution is 2.29. The topological polar surface area (TPSA) is 55.1 Å². The average molecular weight is 355 g/mol. The van der Waals surface area contributed by atoms with Crippen LogP contribution in [-0.2, 0) is 5.75 Å². The van der Waals surface area contributed by atoms with Gasteiger partial charge in [0.2, 0.25) is 0 Å². The summed E-state index contributed by atoms with van der Waals surface area (Å²) in [5, 5.41) is 13.6. The Balaban J connectivity index is 2.13. The summed E-state index contributed by atoms with van der Waals surface area (Å²) in [4.78, 5) is 11.9. The first kappa shape index (κ1) is 15.1. The second-order valence-corrected chi connectivity index (χ2v) is 6.55. The number of hydrogen-bond acceptors (Lipinski definition) is 3. The van der Waals surface area contributed by atoms with E-state index in [0.29, 0.717) is 17.4 Å². The number of carboxylic acids is 1. The number of aromatic nitrogens is 2. The Kier molecular flexibility index (Phi) is 4.88. The van der Waals surface area contributed by atoms with Crippen LogP contribution in [0.2, 0.25) is 0 Å². The summed E-state index contributed by atoms with van der Waals surface area (Å²) < 4.78 is 2.77. The van der Waals surface area contributed by atoms with E-state index in [-0.39, 0.29) is 0 Å². The van der Waals surface area contributed by atoms with E-state index in [9.17, 15) is 9.90 Å². The van der Waals surface area contributed by atoms with Crippen LogP contribution in [0.5, 0.6) is 0 Å². The normalized spacial score (nSPS) is 11.0. The number of aromatic carboxylic acids is 1. The van der Waals surface area contributed by atoms with Crippen LogP contribution in [0.25, 0.3) is 0 Å². The number of thioether (sulfide) groups is 1. The highest BCUT2D eigenvalue weighted by molar-refractivity contribution is 9.10. The predicted octanol–water partition coefficient (Wildman–Crippen LogP) is 4.22. The van der Waals surface area contributed by atoms with Crippen LogP contribution < -0.4 is 0 Å². The van der Waals surface area contributed by atoms with Crippen molar-refractivity contribution in [3.05, 3.63) is 46.2 Å². The zero-order valence-electron chi connectivity index (χ0n) is 11.2. The molecule has 1 N–H and O–H groups in total. The van der Waals surface area contributed by atoms with Gasteiger partial charge in [-0.05, 0) is 38.1 Å². The third kappa shape index (κ3) is 3.64. The van der Waals surface area contributed by atoms with Crippen molar-refractivity contribution in [1.82, 2.24) is 9.78 Å². The van der Waals surface area contributed by atoms with Crippen LogP contribution in [0.3, 0.4) is 0 Å². The van der Waals surface area contributed by atoms with Crippen molar-refractivity contribution in [2.75, 3.05) is 0 Å². The number of hydrogen-bond donors (Lipinski definition) is 1. The van der Waals surface area contributed by atoms with E-state index in [4.69, 9.17) is 0 Å². The molecule has 0 amide bonds. The SMILES string of the molecule is CC(C)n1ccc(CSc2cc(Br)ccc2C(=O)O)n1. The first-order valence-corrected chi connectivity index (χ1v) is 7.95. The van der Waals surface area contributed by atoms with Crippen LogP contribution >= 0.6 is 27.7 Å². The molecule has 1 aromatic carbocycles. The number of benzene rings is 1. The molecule has 20 heavy (non-hydrogen) atoms. The lowest BCUT2D eigenvalue weighted by Gasteiger charge is -2.06. The Hall–Kier alpha value is -1.27. The van der Waals surface area contributed by atoms with Crippen molar-refractivity contribution in [2.24, 2.45) is 0 Å². The minimum absolute atomic E-state index is 0.321. The first-order chi connectivity index (χ1) is 9.47. The number of carboxylic acid groups (broad SMARTS) is 1. The van der Waals surface area contributed by atoms with Gasteiger partial charge in [0.25, 0.3) is 0 Å². The zero-order valence-corrected chi connectivity index (χ0v) is 13.6. The molecule has 2 rings (SSSR count). The van der Waals surface area contributed by atoms with Gasteiger partial charge < -0.3 is 5.11 Å². The Labute approximate surface area is 130 Å². The van der Waals surface area contributed by atoms with E-state index in [1.165, 1.54) is 11.8 Å². The van der Waals surface area contributed by atoms with Gasteiger partial charge in [-0.25, -0.2) is 4.79 Å². The maximum Gasteiger partial charge on any atom is 0.336 e. The van der Waals surface area contributed by atoms with Crippen LogP contribution in [0.15, 0.2) is 39.8 Å². The Morgan fingerprint density at radius 1 is 1.45 bits per heavy atom. The minimum Gasteiger partial charge on any atom is -0.478 e. The highest BCUT2D eigenvalue weighted by atomic mass is 79.9. The largest absolute Gasteiger partial charge is 0.478 e. The quantitative estimate of drug-likeness (QED) is 0.816. The maximum atomic E-state index is 11.2. The lowest BCUT2D eigenvalue weighted by atomic mass is 10.2. The van der Waals surface area contributed by atoms with Crippen LogP contribution in [-0.4, -0.2) is 20.9 Å². The van der Waals surface area contributed by atoms with E-state index in [1.807, 2.05) is 23.0 Å². The molecule has 106 valence electrons. The Morgan fingerprint density at radius 2 is 2.20 bits per heavy atom. The molecule has 0 radical (unpaired) electrons. The molecule has 0 saturated heterocycles. The molecular weight excluding hydrogens is 340 g/mol. The summed E-state index contributed by atoms with van der Waals surface area (Å²) in [5.74, 6) is -0.260. The van der Waals surface area contributed by atoms with Gasteiger partial charge in [-0.2, -0.15) is 5.10 Å². The number of carbonyl (C=O) groups is 1. The molecule has 0 aliphatic carbocycles. The summed E-state index contributed by atoms with van der Waals surface area (Å²) in [5.41, 5.74) is 1.27. The fourth-order valence-corrected chi connectivity index (χ4v) is 3.18. The maximum absolute atomic E-state index is 11.2. The van der Waals surface area contributed by atoms with Crippen LogP contribution in [0.1, 0.15) is 35.9 Å². The molecule has 0 unspecified atom stereocenters. The van der Waals surface area contributed by atoms with Crippen molar-refractivity contribution in [3.8, 4) is 0 Å².